The van der Waals surface area contributed by atoms with Crippen molar-refractivity contribution in [3.05, 3.63) is 40.8 Å². The summed E-state index contributed by atoms with van der Waals surface area (Å²) in [6.45, 7) is 9.49. The Morgan fingerprint density at radius 3 is 2.77 bits per heavy atom. The summed E-state index contributed by atoms with van der Waals surface area (Å²) >= 11 is 1.80. The van der Waals surface area contributed by atoms with Gasteiger partial charge in [-0.05, 0) is 45.0 Å². The molecule has 4 rings (SSSR count). The zero-order valence-corrected chi connectivity index (χ0v) is 16.4. The van der Waals surface area contributed by atoms with E-state index >= 15 is 0 Å². The second-order valence-corrected chi connectivity index (χ2v) is 8.53. The van der Waals surface area contributed by atoms with Gasteiger partial charge >= 0.3 is 0 Å². The van der Waals surface area contributed by atoms with Crippen molar-refractivity contribution < 1.29 is 0 Å². The molecule has 1 fully saturated rings. The number of rotatable bonds is 3. The van der Waals surface area contributed by atoms with Crippen LogP contribution < -0.4 is 11.1 Å². The predicted molar refractivity (Wildman–Crippen MR) is 111 cm³/mol. The molecule has 138 valence electrons. The van der Waals surface area contributed by atoms with Gasteiger partial charge in [0.1, 0.15) is 10.8 Å². The van der Waals surface area contributed by atoms with Gasteiger partial charge in [-0.1, -0.05) is 12.1 Å². The standard InChI is InChI=1S/C20H27N5S/c1-14(21)7-8-24-9-11-25(12-10-24)19-16-13-15(2)26-20(16)23-18-6-4-3-5-17(18)22-19/h3-6,13-14,23H,7-12,21H2,1-2H3. The third-order valence-electron chi connectivity index (χ3n) is 5.05. The zero-order valence-electron chi connectivity index (χ0n) is 15.5. The van der Waals surface area contributed by atoms with Gasteiger partial charge in [0.25, 0.3) is 0 Å². The second-order valence-electron chi connectivity index (χ2n) is 7.27. The van der Waals surface area contributed by atoms with E-state index in [1.54, 1.807) is 11.3 Å². The molecule has 0 aliphatic carbocycles. The van der Waals surface area contributed by atoms with E-state index in [-0.39, 0.29) is 6.04 Å². The summed E-state index contributed by atoms with van der Waals surface area (Å²) < 4.78 is 0. The molecule has 0 spiro atoms. The quantitative estimate of drug-likeness (QED) is 0.869. The molecule has 1 saturated heterocycles. The number of piperazine rings is 1. The molecule has 1 aromatic carbocycles. The van der Waals surface area contributed by atoms with E-state index in [4.69, 9.17) is 10.7 Å². The van der Waals surface area contributed by atoms with Crippen molar-refractivity contribution >= 4 is 33.5 Å². The second kappa shape index (κ2) is 7.39. The van der Waals surface area contributed by atoms with Gasteiger partial charge in [0.05, 0.1) is 16.9 Å². The highest BCUT2D eigenvalue weighted by Crippen LogP contribution is 2.39. The third-order valence-corrected chi connectivity index (χ3v) is 6.01. The normalized spacial score (nSPS) is 18.4. The van der Waals surface area contributed by atoms with Crippen molar-refractivity contribution in [1.82, 2.24) is 9.80 Å². The summed E-state index contributed by atoms with van der Waals surface area (Å²) in [7, 11) is 0. The van der Waals surface area contributed by atoms with Crippen LogP contribution in [0.4, 0.5) is 16.4 Å². The number of amidine groups is 1. The first-order chi connectivity index (χ1) is 12.6. The van der Waals surface area contributed by atoms with Gasteiger partial charge in [-0.25, -0.2) is 4.99 Å². The maximum Gasteiger partial charge on any atom is 0.139 e. The van der Waals surface area contributed by atoms with Crippen LogP contribution >= 0.6 is 11.3 Å². The highest BCUT2D eigenvalue weighted by Gasteiger charge is 2.26. The Balaban J connectivity index is 1.58. The van der Waals surface area contributed by atoms with Crippen LogP contribution in [0.3, 0.4) is 0 Å². The van der Waals surface area contributed by atoms with Gasteiger partial charge < -0.3 is 16.0 Å². The number of fused-ring (bicyclic) bond motifs is 2. The van der Waals surface area contributed by atoms with Gasteiger partial charge in [-0.2, -0.15) is 0 Å². The molecule has 2 aliphatic heterocycles. The molecule has 0 radical (unpaired) electrons. The molecule has 0 amide bonds. The average Bonchev–Trinajstić information content (AvgIpc) is 2.92. The van der Waals surface area contributed by atoms with E-state index in [9.17, 15) is 0 Å². The largest absolute Gasteiger partial charge is 0.353 e. The van der Waals surface area contributed by atoms with E-state index < -0.39 is 0 Å². The van der Waals surface area contributed by atoms with Crippen LogP contribution in [0.15, 0.2) is 35.3 Å². The van der Waals surface area contributed by atoms with E-state index in [0.717, 1.165) is 56.4 Å². The Morgan fingerprint density at radius 1 is 1.23 bits per heavy atom. The van der Waals surface area contributed by atoms with Crippen LogP contribution in [-0.2, 0) is 0 Å². The molecule has 2 aliphatic rings. The Bertz CT molecular complexity index is 802. The van der Waals surface area contributed by atoms with Crippen LogP contribution in [-0.4, -0.2) is 54.4 Å². The minimum Gasteiger partial charge on any atom is -0.353 e. The number of thiophene rings is 1. The van der Waals surface area contributed by atoms with Gasteiger partial charge in [-0.15, -0.1) is 11.3 Å². The molecule has 3 N–H and O–H groups in total. The number of hydrogen-bond donors (Lipinski definition) is 2. The fourth-order valence-electron chi connectivity index (χ4n) is 3.56. The zero-order chi connectivity index (χ0) is 18.1. The van der Waals surface area contributed by atoms with Crippen molar-refractivity contribution in [1.29, 1.82) is 0 Å². The number of benzene rings is 1. The van der Waals surface area contributed by atoms with Gasteiger partial charge in [-0.3, -0.25) is 4.90 Å². The maximum absolute atomic E-state index is 5.91. The topological polar surface area (TPSA) is 56.9 Å². The SMILES string of the molecule is Cc1cc2c(s1)Nc1ccccc1N=C2N1CCN(CCC(C)N)CC1. The fraction of sp³-hybridized carbons (Fsp3) is 0.450. The average molecular weight is 370 g/mol. The molecule has 1 unspecified atom stereocenters. The van der Waals surface area contributed by atoms with Gasteiger partial charge in [0.15, 0.2) is 0 Å². The van der Waals surface area contributed by atoms with E-state index in [2.05, 4.69) is 59.3 Å². The number of nitrogens with one attached hydrogen (secondary N) is 1. The fourth-order valence-corrected chi connectivity index (χ4v) is 4.48. The lowest BCUT2D eigenvalue weighted by atomic mass is 10.2. The van der Waals surface area contributed by atoms with Gasteiger partial charge in [0, 0.05) is 37.1 Å². The lowest BCUT2D eigenvalue weighted by molar-refractivity contribution is 0.178. The first kappa shape index (κ1) is 17.5. The van der Waals surface area contributed by atoms with Crippen molar-refractivity contribution in [2.75, 3.05) is 38.0 Å². The molecule has 0 saturated carbocycles. The number of aliphatic imine (C=N–C) groups is 1. The van der Waals surface area contributed by atoms with Crippen LogP contribution in [0, 0.1) is 6.92 Å². The number of anilines is 2. The molecule has 26 heavy (non-hydrogen) atoms. The summed E-state index contributed by atoms with van der Waals surface area (Å²) in [5, 5.41) is 4.79. The predicted octanol–water partition coefficient (Wildman–Crippen LogP) is 3.55. The lowest BCUT2D eigenvalue weighted by Gasteiger charge is -2.36. The minimum absolute atomic E-state index is 0.276. The van der Waals surface area contributed by atoms with Crippen molar-refractivity contribution in [2.24, 2.45) is 10.7 Å². The van der Waals surface area contributed by atoms with Crippen LogP contribution in [0.1, 0.15) is 23.8 Å². The van der Waals surface area contributed by atoms with Crippen LogP contribution in [0.2, 0.25) is 0 Å². The maximum atomic E-state index is 5.91. The van der Waals surface area contributed by atoms with Crippen molar-refractivity contribution in [3.8, 4) is 0 Å². The highest BCUT2D eigenvalue weighted by molar-refractivity contribution is 7.16. The molecule has 5 nitrogen and oxygen atoms in total. The number of hydrogen-bond acceptors (Lipinski definition) is 6. The Labute approximate surface area is 159 Å². The number of para-hydroxylation sites is 2. The smallest absolute Gasteiger partial charge is 0.139 e. The van der Waals surface area contributed by atoms with Gasteiger partial charge in [0.2, 0.25) is 0 Å². The number of nitrogens with two attached hydrogens (primary N) is 1. The Hall–Kier alpha value is -1.89. The summed E-state index contributed by atoms with van der Waals surface area (Å²) in [5.41, 5.74) is 9.24. The monoisotopic (exact) mass is 369 g/mol. The Morgan fingerprint density at radius 2 is 2.00 bits per heavy atom. The first-order valence-corrected chi connectivity index (χ1v) is 10.2. The minimum atomic E-state index is 0.276. The summed E-state index contributed by atoms with van der Waals surface area (Å²) in [4.78, 5) is 11.3. The van der Waals surface area contributed by atoms with Crippen LogP contribution in [0.25, 0.3) is 0 Å². The highest BCUT2D eigenvalue weighted by atomic mass is 32.1. The molecular formula is C20H27N5S. The molecule has 0 bridgehead atoms. The van der Waals surface area contributed by atoms with E-state index in [1.165, 1.54) is 15.4 Å². The summed E-state index contributed by atoms with van der Waals surface area (Å²) in [6.07, 6.45) is 1.06. The summed E-state index contributed by atoms with van der Waals surface area (Å²) in [5.74, 6) is 1.11. The van der Waals surface area contributed by atoms with Crippen molar-refractivity contribution in [2.45, 2.75) is 26.3 Å². The molecule has 1 atom stereocenters. The molecule has 1 aromatic heterocycles. The van der Waals surface area contributed by atoms with Crippen LogP contribution in [0.5, 0.6) is 0 Å². The van der Waals surface area contributed by atoms with Crippen molar-refractivity contribution in [3.63, 3.8) is 0 Å². The Kier molecular flexibility index (Phi) is 4.98. The molecular weight excluding hydrogens is 342 g/mol. The first-order valence-electron chi connectivity index (χ1n) is 9.38. The molecule has 6 heteroatoms. The number of aryl methyl sites for hydroxylation is 1. The number of nitrogens with zero attached hydrogens (tertiary/aromatic N) is 3. The molecule has 2 aromatic rings. The van der Waals surface area contributed by atoms with E-state index in [1.807, 2.05) is 0 Å². The lowest BCUT2D eigenvalue weighted by Crippen LogP contribution is -2.49. The third kappa shape index (κ3) is 3.63. The molecule has 3 heterocycles. The summed E-state index contributed by atoms with van der Waals surface area (Å²) in [6, 6.07) is 10.8. The van der Waals surface area contributed by atoms with E-state index in [0.29, 0.717) is 0 Å².